The van der Waals surface area contributed by atoms with Crippen LogP contribution in [0.1, 0.15) is 6.92 Å². The number of hydrogen-bond acceptors (Lipinski definition) is 4. The number of hydrogen-bond donors (Lipinski definition) is 3. The Hall–Kier alpha value is -2.88. The first-order chi connectivity index (χ1) is 9.04. The molecule has 1 unspecified atom stereocenters. The fourth-order valence-corrected chi connectivity index (χ4v) is 1.63. The van der Waals surface area contributed by atoms with Crippen molar-refractivity contribution in [3.63, 3.8) is 0 Å². The highest BCUT2D eigenvalue weighted by molar-refractivity contribution is 6.02. The molecule has 3 N–H and O–H groups in total. The molecule has 0 aliphatic carbocycles. The summed E-state index contributed by atoms with van der Waals surface area (Å²) in [4.78, 5) is 35.0. The van der Waals surface area contributed by atoms with Crippen LogP contribution in [0.5, 0.6) is 0 Å². The summed E-state index contributed by atoms with van der Waals surface area (Å²) in [5.41, 5.74) is -0.772. The summed E-state index contributed by atoms with van der Waals surface area (Å²) in [5, 5.41) is 15.8. The van der Waals surface area contributed by atoms with Crippen molar-refractivity contribution in [2.24, 2.45) is 5.92 Å². The summed E-state index contributed by atoms with van der Waals surface area (Å²) in [6.07, 6.45) is 0. The molecular formula is C12H10N4O3. The smallest absolute Gasteiger partial charge is 0.272 e. The van der Waals surface area contributed by atoms with Crippen LogP contribution in [-0.2, 0) is 4.79 Å². The van der Waals surface area contributed by atoms with Gasteiger partial charge in [0.05, 0.1) is 22.5 Å². The molecule has 1 heterocycles. The van der Waals surface area contributed by atoms with Crippen molar-refractivity contribution >= 4 is 22.4 Å². The van der Waals surface area contributed by atoms with Crippen LogP contribution in [0.25, 0.3) is 10.8 Å². The van der Waals surface area contributed by atoms with Crippen molar-refractivity contribution in [1.82, 2.24) is 10.2 Å². The van der Waals surface area contributed by atoms with Crippen molar-refractivity contribution in [3.8, 4) is 6.07 Å². The Labute approximate surface area is 106 Å². The van der Waals surface area contributed by atoms with E-state index in [2.05, 4.69) is 15.5 Å². The first-order valence-corrected chi connectivity index (χ1v) is 5.48. The van der Waals surface area contributed by atoms with Gasteiger partial charge in [0, 0.05) is 0 Å². The first kappa shape index (κ1) is 12.6. The van der Waals surface area contributed by atoms with Crippen LogP contribution >= 0.6 is 0 Å². The number of nitriles is 1. The third-order valence-corrected chi connectivity index (χ3v) is 2.67. The molecule has 7 nitrogen and oxygen atoms in total. The molecule has 7 heteroatoms. The summed E-state index contributed by atoms with van der Waals surface area (Å²) in [7, 11) is 0. The number of aromatic amines is 2. The van der Waals surface area contributed by atoms with E-state index in [4.69, 9.17) is 5.26 Å². The molecule has 0 saturated heterocycles. The molecule has 0 aliphatic rings. The third kappa shape index (κ3) is 2.24. The SMILES string of the molecule is CC(C#N)C(=O)Nc1cccc2c(=O)[nH][nH]c(=O)c12. The highest BCUT2D eigenvalue weighted by Crippen LogP contribution is 2.17. The molecule has 1 atom stereocenters. The van der Waals surface area contributed by atoms with Crippen LogP contribution < -0.4 is 16.4 Å². The van der Waals surface area contributed by atoms with Gasteiger partial charge >= 0.3 is 0 Å². The topological polar surface area (TPSA) is 119 Å². The molecular weight excluding hydrogens is 248 g/mol. The van der Waals surface area contributed by atoms with Crippen LogP contribution in [0, 0.1) is 17.2 Å². The average Bonchev–Trinajstić information content (AvgIpc) is 2.42. The van der Waals surface area contributed by atoms with Gasteiger partial charge in [0.15, 0.2) is 0 Å². The van der Waals surface area contributed by atoms with Gasteiger partial charge in [-0.15, -0.1) is 0 Å². The average molecular weight is 258 g/mol. The van der Waals surface area contributed by atoms with Gasteiger partial charge in [-0.1, -0.05) is 6.07 Å². The van der Waals surface area contributed by atoms with E-state index in [0.29, 0.717) is 0 Å². The number of aromatic nitrogens is 2. The van der Waals surface area contributed by atoms with Gasteiger partial charge in [0.2, 0.25) is 5.91 Å². The zero-order chi connectivity index (χ0) is 14.0. The second-order valence-electron chi connectivity index (χ2n) is 3.98. The van der Waals surface area contributed by atoms with E-state index in [9.17, 15) is 14.4 Å². The summed E-state index contributed by atoms with van der Waals surface area (Å²) in [6.45, 7) is 1.44. The van der Waals surface area contributed by atoms with E-state index >= 15 is 0 Å². The van der Waals surface area contributed by atoms with E-state index in [0.717, 1.165) is 0 Å². The molecule has 1 aromatic carbocycles. The Balaban J connectivity index is 2.60. The lowest BCUT2D eigenvalue weighted by molar-refractivity contribution is -0.117. The molecule has 96 valence electrons. The van der Waals surface area contributed by atoms with Crippen LogP contribution in [-0.4, -0.2) is 16.1 Å². The highest BCUT2D eigenvalue weighted by atomic mass is 16.2. The lowest BCUT2D eigenvalue weighted by Gasteiger charge is -2.08. The number of carbonyl (C=O) groups is 1. The minimum absolute atomic E-state index is 0.0877. The Morgan fingerprint density at radius 2 is 2.00 bits per heavy atom. The number of anilines is 1. The van der Waals surface area contributed by atoms with E-state index < -0.39 is 22.9 Å². The Bertz CT molecular complexity index is 797. The van der Waals surface area contributed by atoms with E-state index in [1.54, 1.807) is 12.1 Å². The normalized spacial score (nSPS) is 11.8. The Kier molecular flexibility index (Phi) is 3.16. The van der Waals surface area contributed by atoms with Crippen LogP contribution in [0.4, 0.5) is 5.69 Å². The quantitative estimate of drug-likeness (QED) is 0.718. The van der Waals surface area contributed by atoms with Gasteiger partial charge < -0.3 is 5.32 Å². The van der Waals surface area contributed by atoms with Gasteiger partial charge in [-0.05, 0) is 19.1 Å². The number of nitrogens with one attached hydrogen (secondary N) is 3. The van der Waals surface area contributed by atoms with Crippen molar-refractivity contribution in [3.05, 3.63) is 38.9 Å². The maximum Gasteiger partial charge on any atom is 0.272 e. The zero-order valence-corrected chi connectivity index (χ0v) is 9.98. The molecule has 1 amide bonds. The van der Waals surface area contributed by atoms with Crippen LogP contribution in [0.2, 0.25) is 0 Å². The molecule has 0 aliphatic heterocycles. The van der Waals surface area contributed by atoms with E-state index in [1.165, 1.54) is 19.1 Å². The van der Waals surface area contributed by atoms with E-state index in [1.807, 2.05) is 0 Å². The number of nitrogens with zero attached hydrogens (tertiary/aromatic N) is 1. The summed E-state index contributed by atoms with van der Waals surface area (Å²) >= 11 is 0. The van der Waals surface area contributed by atoms with E-state index in [-0.39, 0.29) is 16.5 Å². The molecule has 1 aromatic heterocycles. The molecule has 2 rings (SSSR count). The van der Waals surface area contributed by atoms with Gasteiger partial charge in [-0.3, -0.25) is 24.6 Å². The second-order valence-corrected chi connectivity index (χ2v) is 3.98. The van der Waals surface area contributed by atoms with Crippen molar-refractivity contribution in [2.75, 3.05) is 5.32 Å². The minimum atomic E-state index is -0.851. The number of benzene rings is 1. The standard InChI is InChI=1S/C12H10N4O3/c1-6(5-13)10(17)14-8-4-2-3-7-9(8)12(19)16-15-11(7)18/h2-4,6H,1H3,(H,14,17)(H,15,18)(H,16,19). The minimum Gasteiger partial charge on any atom is -0.324 e. The highest BCUT2D eigenvalue weighted by Gasteiger charge is 2.15. The first-order valence-electron chi connectivity index (χ1n) is 5.48. The summed E-state index contributed by atoms with van der Waals surface area (Å²) in [6, 6.07) is 6.32. The number of fused-ring (bicyclic) bond motifs is 1. The third-order valence-electron chi connectivity index (χ3n) is 2.67. The Morgan fingerprint density at radius 1 is 1.32 bits per heavy atom. The number of carbonyl (C=O) groups excluding carboxylic acids is 1. The zero-order valence-electron chi connectivity index (χ0n) is 9.98. The van der Waals surface area contributed by atoms with Gasteiger partial charge in [-0.2, -0.15) is 5.26 Å². The number of amides is 1. The summed E-state index contributed by atoms with van der Waals surface area (Å²) in [5.74, 6) is -1.38. The monoisotopic (exact) mass is 258 g/mol. The number of rotatable bonds is 2. The molecule has 0 saturated carbocycles. The predicted molar refractivity (Wildman–Crippen MR) is 68.6 cm³/mol. The second kappa shape index (κ2) is 4.78. The van der Waals surface area contributed by atoms with Crippen LogP contribution in [0.15, 0.2) is 27.8 Å². The predicted octanol–water partition coefficient (Wildman–Crippen LogP) is 0.315. The molecule has 0 fully saturated rings. The van der Waals surface area contributed by atoms with Gasteiger partial charge in [0.1, 0.15) is 5.92 Å². The molecule has 2 aromatic rings. The molecule has 0 spiro atoms. The molecule has 0 bridgehead atoms. The molecule has 19 heavy (non-hydrogen) atoms. The number of H-pyrrole nitrogens is 2. The van der Waals surface area contributed by atoms with Crippen molar-refractivity contribution in [1.29, 1.82) is 5.26 Å². The van der Waals surface area contributed by atoms with Crippen molar-refractivity contribution in [2.45, 2.75) is 6.92 Å². The van der Waals surface area contributed by atoms with Gasteiger partial charge in [-0.25, -0.2) is 0 Å². The van der Waals surface area contributed by atoms with Crippen molar-refractivity contribution < 1.29 is 4.79 Å². The fourth-order valence-electron chi connectivity index (χ4n) is 1.63. The lowest BCUT2D eigenvalue weighted by Crippen LogP contribution is -2.23. The fraction of sp³-hybridized carbons (Fsp3) is 0.167. The summed E-state index contributed by atoms with van der Waals surface area (Å²) < 4.78 is 0. The maximum absolute atomic E-state index is 11.7. The molecule has 0 radical (unpaired) electrons. The van der Waals surface area contributed by atoms with Crippen LogP contribution in [0.3, 0.4) is 0 Å². The largest absolute Gasteiger partial charge is 0.324 e. The Morgan fingerprint density at radius 3 is 2.68 bits per heavy atom. The lowest BCUT2D eigenvalue weighted by atomic mass is 10.1. The maximum atomic E-state index is 11.7. The van der Waals surface area contributed by atoms with Gasteiger partial charge in [0.25, 0.3) is 11.1 Å².